The number of aryl methyl sites for hydroxylation is 1. The molecule has 0 amide bonds. The van der Waals surface area contributed by atoms with Gasteiger partial charge in [0.15, 0.2) is 5.69 Å². The molecule has 0 saturated heterocycles. The van der Waals surface area contributed by atoms with Crippen LogP contribution in [-0.4, -0.2) is 4.40 Å². The summed E-state index contributed by atoms with van der Waals surface area (Å²) in [6.07, 6.45) is 0. The van der Waals surface area contributed by atoms with Gasteiger partial charge in [-0.15, -0.1) is 0 Å². The molecule has 252 valence electrons. The fraction of sp³-hybridized carbons (Fsp3) is 0.0204. The fourth-order valence-electron chi connectivity index (χ4n) is 8.16. The van der Waals surface area contributed by atoms with E-state index < -0.39 is 0 Å². The summed E-state index contributed by atoms with van der Waals surface area (Å²) < 4.78 is 2.44. The molecular formula is C49H31N5. The Balaban J connectivity index is 1.25. The number of hydrogen-bond donors (Lipinski definition) is 0. The molecule has 0 spiro atoms. The Bertz CT molecular complexity index is 3150. The van der Waals surface area contributed by atoms with Crippen molar-refractivity contribution < 1.29 is 0 Å². The van der Waals surface area contributed by atoms with E-state index in [9.17, 15) is 5.26 Å². The van der Waals surface area contributed by atoms with Crippen molar-refractivity contribution in [2.75, 3.05) is 9.80 Å². The lowest BCUT2D eigenvalue weighted by molar-refractivity contribution is 1.28. The van der Waals surface area contributed by atoms with Crippen LogP contribution >= 0.6 is 0 Å². The van der Waals surface area contributed by atoms with E-state index in [1.165, 1.54) is 32.6 Å². The Labute approximate surface area is 312 Å². The maximum atomic E-state index is 9.73. The van der Waals surface area contributed by atoms with Crippen molar-refractivity contribution in [3.8, 4) is 6.07 Å². The van der Waals surface area contributed by atoms with Gasteiger partial charge in [-0.1, -0.05) is 78.4 Å². The largest absolute Gasteiger partial charge is 0.311 e. The molecule has 0 aliphatic carbocycles. The van der Waals surface area contributed by atoms with Crippen LogP contribution in [0.4, 0.5) is 39.8 Å². The van der Waals surface area contributed by atoms with Crippen molar-refractivity contribution in [2.24, 2.45) is 0 Å². The molecule has 0 atom stereocenters. The van der Waals surface area contributed by atoms with Crippen LogP contribution in [0.25, 0.3) is 53.7 Å². The molecule has 8 aromatic carbocycles. The van der Waals surface area contributed by atoms with E-state index in [0.29, 0.717) is 11.3 Å². The highest BCUT2D eigenvalue weighted by Crippen LogP contribution is 2.48. The van der Waals surface area contributed by atoms with Gasteiger partial charge in [0.1, 0.15) is 0 Å². The molecule has 10 aromatic rings. The quantitative estimate of drug-likeness (QED) is 0.163. The maximum Gasteiger partial charge on any atom is 0.189 e. The molecule has 0 saturated carbocycles. The Kier molecular flexibility index (Phi) is 7.08. The first-order chi connectivity index (χ1) is 26.6. The standard InChI is InChI=1S/C49H31N5/c1-32-19-23-45-44(25-32)48-46(53(38-15-7-4-8-16-38)40-18-10-12-36(30-40)51-2)24-22-42-43-28-34-20-21-41(27-35(34)29-47(43)54(45)49(42)48)52(37-13-5-3-6-14-37)39-17-9-11-33(26-39)31-50/h3-30H,1H3. The molecule has 0 N–H and O–H groups in total. The van der Waals surface area contributed by atoms with Crippen molar-refractivity contribution in [1.82, 2.24) is 4.40 Å². The van der Waals surface area contributed by atoms with Gasteiger partial charge in [0.05, 0.1) is 40.4 Å². The van der Waals surface area contributed by atoms with Crippen LogP contribution in [0.1, 0.15) is 11.1 Å². The van der Waals surface area contributed by atoms with E-state index in [1.807, 2.05) is 60.7 Å². The average molecular weight is 690 g/mol. The lowest BCUT2D eigenvalue weighted by Gasteiger charge is -2.27. The zero-order valence-corrected chi connectivity index (χ0v) is 29.4. The summed E-state index contributed by atoms with van der Waals surface area (Å²) in [6.45, 7) is 9.91. The summed E-state index contributed by atoms with van der Waals surface area (Å²) in [6, 6.07) is 61.2. The van der Waals surface area contributed by atoms with Gasteiger partial charge in [0.2, 0.25) is 0 Å². The van der Waals surface area contributed by atoms with Crippen LogP contribution < -0.4 is 9.80 Å². The van der Waals surface area contributed by atoms with E-state index in [2.05, 4.69) is 141 Å². The summed E-state index contributed by atoms with van der Waals surface area (Å²) in [5, 5.41) is 16.8. The summed E-state index contributed by atoms with van der Waals surface area (Å²) in [5.41, 5.74) is 11.9. The minimum atomic E-state index is 0.603. The highest BCUT2D eigenvalue weighted by Gasteiger charge is 2.25. The highest BCUT2D eigenvalue weighted by molar-refractivity contribution is 6.28. The molecule has 0 unspecified atom stereocenters. The van der Waals surface area contributed by atoms with Gasteiger partial charge in [-0.3, -0.25) is 0 Å². The average Bonchev–Trinajstić information content (AvgIpc) is 3.72. The highest BCUT2D eigenvalue weighted by atomic mass is 15.2. The Morgan fingerprint density at radius 2 is 1.24 bits per heavy atom. The third-order valence-corrected chi connectivity index (χ3v) is 10.5. The molecule has 0 fully saturated rings. The number of para-hydroxylation sites is 2. The van der Waals surface area contributed by atoms with Crippen LogP contribution in [0, 0.1) is 24.8 Å². The third kappa shape index (κ3) is 4.84. The molecule has 0 aliphatic rings. The van der Waals surface area contributed by atoms with Crippen LogP contribution in [0.2, 0.25) is 0 Å². The Morgan fingerprint density at radius 3 is 2.00 bits per heavy atom. The van der Waals surface area contributed by atoms with Gasteiger partial charge in [-0.25, -0.2) is 4.85 Å². The molecule has 0 aliphatic heterocycles. The Hall–Kier alpha value is -7.60. The van der Waals surface area contributed by atoms with Crippen LogP contribution in [0.3, 0.4) is 0 Å². The number of aromatic nitrogens is 1. The van der Waals surface area contributed by atoms with Crippen LogP contribution in [0.5, 0.6) is 0 Å². The molecule has 5 heteroatoms. The summed E-state index contributed by atoms with van der Waals surface area (Å²) in [4.78, 5) is 8.26. The molecule has 54 heavy (non-hydrogen) atoms. The predicted molar refractivity (Wildman–Crippen MR) is 224 cm³/mol. The van der Waals surface area contributed by atoms with Crippen molar-refractivity contribution in [2.45, 2.75) is 6.92 Å². The van der Waals surface area contributed by atoms with Gasteiger partial charge in [0, 0.05) is 50.0 Å². The summed E-state index contributed by atoms with van der Waals surface area (Å²) in [7, 11) is 0. The first-order valence-electron chi connectivity index (χ1n) is 17.9. The van der Waals surface area contributed by atoms with Crippen molar-refractivity contribution in [3.63, 3.8) is 0 Å². The number of nitriles is 1. The van der Waals surface area contributed by atoms with E-state index in [0.717, 1.165) is 55.9 Å². The summed E-state index contributed by atoms with van der Waals surface area (Å²) in [5.74, 6) is 0. The normalized spacial score (nSPS) is 11.4. The minimum Gasteiger partial charge on any atom is -0.311 e. The molecule has 0 bridgehead atoms. The fourth-order valence-corrected chi connectivity index (χ4v) is 8.16. The minimum absolute atomic E-state index is 0.603. The molecule has 10 rings (SSSR count). The number of rotatable bonds is 6. The zero-order valence-electron chi connectivity index (χ0n) is 29.4. The number of fused-ring (bicyclic) bond motifs is 7. The van der Waals surface area contributed by atoms with E-state index >= 15 is 0 Å². The van der Waals surface area contributed by atoms with Gasteiger partial charge in [-0.05, 0) is 115 Å². The first kappa shape index (κ1) is 31.2. The van der Waals surface area contributed by atoms with Crippen LogP contribution in [-0.2, 0) is 0 Å². The van der Waals surface area contributed by atoms with Gasteiger partial charge < -0.3 is 14.2 Å². The van der Waals surface area contributed by atoms with E-state index in [1.54, 1.807) is 0 Å². The molecule has 5 nitrogen and oxygen atoms in total. The molecule has 2 heterocycles. The predicted octanol–water partition coefficient (Wildman–Crippen LogP) is 13.7. The number of hydrogen-bond acceptors (Lipinski definition) is 3. The van der Waals surface area contributed by atoms with Crippen molar-refractivity contribution >= 4 is 88.7 Å². The first-order valence-corrected chi connectivity index (χ1v) is 17.9. The van der Waals surface area contributed by atoms with Gasteiger partial charge in [0.25, 0.3) is 0 Å². The number of anilines is 6. The third-order valence-electron chi connectivity index (χ3n) is 10.5. The number of nitrogens with zero attached hydrogens (tertiary/aromatic N) is 5. The second-order valence-electron chi connectivity index (χ2n) is 13.7. The zero-order chi connectivity index (χ0) is 36.3. The van der Waals surface area contributed by atoms with Crippen LogP contribution in [0.15, 0.2) is 170 Å². The second kappa shape index (κ2) is 12.3. The lowest BCUT2D eigenvalue weighted by atomic mass is 10.0. The maximum absolute atomic E-state index is 9.73. The van der Waals surface area contributed by atoms with Crippen molar-refractivity contribution in [3.05, 3.63) is 192 Å². The van der Waals surface area contributed by atoms with Crippen molar-refractivity contribution in [1.29, 1.82) is 5.26 Å². The van der Waals surface area contributed by atoms with E-state index in [-0.39, 0.29) is 0 Å². The topological polar surface area (TPSA) is 39.0 Å². The van der Waals surface area contributed by atoms with Gasteiger partial charge in [-0.2, -0.15) is 5.26 Å². The summed E-state index contributed by atoms with van der Waals surface area (Å²) >= 11 is 0. The monoisotopic (exact) mass is 689 g/mol. The van der Waals surface area contributed by atoms with Gasteiger partial charge >= 0.3 is 0 Å². The number of benzene rings is 8. The SMILES string of the molecule is [C-]#[N+]c1cccc(N(c2ccccc2)c2ccc3c4cc5ccc(N(c6ccccc6)c6cccc(C#N)c6)cc5cc4n4c5ccc(C)cc5c2c34)c1. The molecular weight excluding hydrogens is 659 g/mol. The molecule has 0 radical (unpaired) electrons. The Morgan fingerprint density at radius 1 is 0.537 bits per heavy atom. The van der Waals surface area contributed by atoms with E-state index in [4.69, 9.17) is 6.57 Å². The lowest BCUT2D eigenvalue weighted by Crippen LogP contribution is -2.10. The second-order valence-corrected chi connectivity index (χ2v) is 13.7. The molecule has 2 aromatic heterocycles. The smallest absolute Gasteiger partial charge is 0.189 e.